The van der Waals surface area contributed by atoms with Gasteiger partial charge in [0.2, 0.25) is 11.8 Å². The molecule has 2 amide bonds. The van der Waals surface area contributed by atoms with Gasteiger partial charge in [-0.1, -0.05) is 12.8 Å². The highest BCUT2D eigenvalue weighted by Crippen LogP contribution is 2.38. The number of rotatable bonds is 8. The van der Waals surface area contributed by atoms with Crippen LogP contribution in [0.1, 0.15) is 59.3 Å². The van der Waals surface area contributed by atoms with Gasteiger partial charge in [0.05, 0.1) is 19.3 Å². The third kappa shape index (κ3) is 5.50. The van der Waals surface area contributed by atoms with Crippen molar-refractivity contribution in [3.63, 3.8) is 0 Å². The van der Waals surface area contributed by atoms with Crippen LogP contribution in [0.25, 0.3) is 0 Å². The molecule has 3 aliphatic rings. The molecule has 0 spiro atoms. The minimum atomic E-state index is -0.695. The first-order valence-corrected chi connectivity index (χ1v) is 13.1. The van der Waals surface area contributed by atoms with Gasteiger partial charge in [0, 0.05) is 49.3 Å². The Labute approximate surface area is 208 Å². The van der Waals surface area contributed by atoms with Gasteiger partial charge < -0.3 is 24.6 Å². The van der Waals surface area contributed by atoms with Crippen LogP contribution in [0.5, 0.6) is 11.5 Å². The summed E-state index contributed by atoms with van der Waals surface area (Å²) in [5.41, 5.74) is 0.357. The van der Waals surface area contributed by atoms with Crippen LogP contribution in [-0.2, 0) is 9.59 Å². The predicted octanol–water partition coefficient (Wildman–Crippen LogP) is 3.50. The van der Waals surface area contributed by atoms with E-state index in [9.17, 15) is 14.9 Å². The number of nitrogens with zero attached hydrogens (tertiary/aromatic N) is 3. The predicted molar refractivity (Wildman–Crippen MR) is 133 cm³/mol. The molecule has 0 unspecified atom stereocenters. The highest BCUT2D eigenvalue weighted by Gasteiger charge is 2.48. The van der Waals surface area contributed by atoms with Gasteiger partial charge in [-0.15, -0.1) is 0 Å². The van der Waals surface area contributed by atoms with Crippen molar-refractivity contribution >= 4 is 17.5 Å². The lowest BCUT2D eigenvalue weighted by Crippen LogP contribution is -2.57. The second kappa shape index (κ2) is 10.8. The molecule has 4 rings (SSSR count). The van der Waals surface area contributed by atoms with Crippen molar-refractivity contribution in [1.29, 1.82) is 5.26 Å². The fourth-order valence-electron chi connectivity index (χ4n) is 5.43. The number of anilines is 1. The summed E-state index contributed by atoms with van der Waals surface area (Å²) in [5.74, 6) is 0.798. The van der Waals surface area contributed by atoms with Crippen molar-refractivity contribution in [3.05, 3.63) is 18.2 Å². The maximum atomic E-state index is 13.7. The Morgan fingerprint density at radius 2 is 1.77 bits per heavy atom. The summed E-state index contributed by atoms with van der Waals surface area (Å²) in [6.45, 7) is 9.18. The monoisotopic (exact) mass is 482 g/mol. The molecule has 3 atom stereocenters. The molecule has 0 aromatic heterocycles. The zero-order chi connectivity index (χ0) is 25.0. The molecule has 2 aliphatic carbocycles. The maximum absolute atomic E-state index is 13.7. The van der Waals surface area contributed by atoms with E-state index in [1.807, 2.05) is 36.9 Å². The van der Waals surface area contributed by atoms with E-state index < -0.39 is 5.54 Å². The van der Waals surface area contributed by atoms with Crippen LogP contribution in [0.3, 0.4) is 0 Å². The summed E-state index contributed by atoms with van der Waals surface area (Å²) in [6.07, 6.45) is 4.77. The highest BCUT2D eigenvalue weighted by atomic mass is 16.5. The number of ether oxygens (including phenoxy) is 2. The third-order valence-corrected chi connectivity index (χ3v) is 7.55. The first-order valence-electron chi connectivity index (χ1n) is 13.1. The summed E-state index contributed by atoms with van der Waals surface area (Å²) in [4.78, 5) is 30.9. The van der Waals surface area contributed by atoms with E-state index in [2.05, 4.69) is 23.2 Å². The SMILES string of the molecule is CCOc1ccc(N2CCN(C(=O)[C@@H]3CCCC[C@H]3C(=O)NC3(C#N)CC3)[C@H](C)C2)cc1OCC. The van der Waals surface area contributed by atoms with E-state index >= 15 is 0 Å². The molecule has 8 heteroatoms. The number of carbonyl (C=O) groups is 2. The standard InChI is InChI=1S/C27H38N4O4/c1-4-34-23-11-10-20(16-24(23)35-5-2)30-14-15-31(19(3)17-30)26(33)22-9-7-6-8-21(22)25(32)29-27(18-28)12-13-27/h10-11,16,19,21-22H,4-9,12-15,17H2,1-3H3,(H,29,32)/t19-,21-,22-/m1/s1. The van der Waals surface area contributed by atoms with Crippen LogP contribution >= 0.6 is 0 Å². The minimum absolute atomic E-state index is 0.0258. The van der Waals surface area contributed by atoms with E-state index in [0.29, 0.717) is 45.6 Å². The lowest BCUT2D eigenvalue weighted by molar-refractivity contribution is -0.145. The van der Waals surface area contributed by atoms with Crippen LogP contribution < -0.4 is 19.7 Å². The fraction of sp³-hybridized carbons (Fsp3) is 0.667. The van der Waals surface area contributed by atoms with Gasteiger partial charge in [-0.2, -0.15) is 5.26 Å². The summed E-state index contributed by atoms with van der Waals surface area (Å²) in [5, 5.41) is 12.3. The zero-order valence-corrected chi connectivity index (χ0v) is 21.2. The van der Waals surface area contributed by atoms with Crippen molar-refractivity contribution in [2.75, 3.05) is 37.7 Å². The molecule has 1 aliphatic heterocycles. The Hall–Kier alpha value is -2.95. The number of amides is 2. The van der Waals surface area contributed by atoms with Crippen LogP contribution in [0.4, 0.5) is 5.69 Å². The average molecular weight is 483 g/mol. The lowest BCUT2D eigenvalue weighted by atomic mass is 9.77. The molecule has 35 heavy (non-hydrogen) atoms. The van der Waals surface area contributed by atoms with Gasteiger partial charge in [0.15, 0.2) is 11.5 Å². The Morgan fingerprint density at radius 1 is 1.09 bits per heavy atom. The smallest absolute Gasteiger partial charge is 0.226 e. The number of benzene rings is 1. The van der Waals surface area contributed by atoms with Crippen molar-refractivity contribution < 1.29 is 19.1 Å². The molecule has 2 saturated carbocycles. The molecule has 1 N–H and O–H groups in total. The van der Waals surface area contributed by atoms with Crippen molar-refractivity contribution in [3.8, 4) is 17.6 Å². The summed E-state index contributed by atoms with van der Waals surface area (Å²) in [7, 11) is 0. The zero-order valence-electron chi connectivity index (χ0n) is 21.2. The number of nitriles is 1. The minimum Gasteiger partial charge on any atom is -0.490 e. The van der Waals surface area contributed by atoms with Gasteiger partial charge in [-0.3, -0.25) is 9.59 Å². The number of hydrogen-bond donors (Lipinski definition) is 1. The average Bonchev–Trinajstić information content (AvgIpc) is 3.64. The van der Waals surface area contributed by atoms with E-state index in [-0.39, 0.29) is 29.7 Å². The van der Waals surface area contributed by atoms with Crippen LogP contribution in [-0.4, -0.2) is 61.1 Å². The van der Waals surface area contributed by atoms with Crippen LogP contribution in [0.15, 0.2) is 18.2 Å². The van der Waals surface area contributed by atoms with Crippen LogP contribution in [0.2, 0.25) is 0 Å². The molecule has 1 saturated heterocycles. The molecule has 0 bridgehead atoms. The largest absolute Gasteiger partial charge is 0.490 e. The maximum Gasteiger partial charge on any atom is 0.226 e. The Bertz CT molecular complexity index is 970. The van der Waals surface area contributed by atoms with Crippen molar-refractivity contribution in [2.24, 2.45) is 11.8 Å². The Morgan fingerprint density at radius 3 is 2.40 bits per heavy atom. The van der Waals surface area contributed by atoms with E-state index in [1.165, 1.54) is 0 Å². The van der Waals surface area contributed by atoms with Gasteiger partial charge in [0.25, 0.3) is 0 Å². The molecule has 1 aromatic rings. The number of hydrogen-bond acceptors (Lipinski definition) is 6. The summed E-state index contributed by atoms with van der Waals surface area (Å²) < 4.78 is 11.5. The van der Waals surface area contributed by atoms with Gasteiger partial charge in [-0.05, 0) is 58.6 Å². The normalized spacial score (nSPS) is 25.4. The molecule has 8 nitrogen and oxygen atoms in total. The van der Waals surface area contributed by atoms with E-state index in [1.54, 1.807) is 0 Å². The number of carbonyl (C=O) groups excluding carboxylic acids is 2. The van der Waals surface area contributed by atoms with Gasteiger partial charge in [-0.25, -0.2) is 0 Å². The highest BCUT2D eigenvalue weighted by molar-refractivity contribution is 5.89. The quantitative estimate of drug-likeness (QED) is 0.609. The number of piperazine rings is 1. The molecule has 1 heterocycles. The van der Waals surface area contributed by atoms with Crippen LogP contribution in [0, 0.1) is 23.2 Å². The van der Waals surface area contributed by atoms with E-state index in [0.717, 1.165) is 43.0 Å². The molecule has 0 radical (unpaired) electrons. The molecular weight excluding hydrogens is 444 g/mol. The van der Waals surface area contributed by atoms with Crippen molar-refractivity contribution in [2.45, 2.75) is 70.9 Å². The van der Waals surface area contributed by atoms with E-state index in [4.69, 9.17) is 9.47 Å². The lowest BCUT2D eigenvalue weighted by Gasteiger charge is -2.43. The fourth-order valence-corrected chi connectivity index (χ4v) is 5.43. The Kier molecular flexibility index (Phi) is 7.73. The summed E-state index contributed by atoms with van der Waals surface area (Å²) >= 11 is 0. The third-order valence-electron chi connectivity index (χ3n) is 7.55. The van der Waals surface area contributed by atoms with Crippen molar-refractivity contribution in [1.82, 2.24) is 10.2 Å². The second-order valence-corrected chi connectivity index (χ2v) is 10.0. The number of nitrogens with one attached hydrogen (secondary N) is 1. The first kappa shape index (κ1) is 25.2. The summed E-state index contributed by atoms with van der Waals surface area (Å²) in [6, 6.07) is 8.27. The first-order chi connectivity index (χ1) is 16.9. The second-order valence-electron chi connectivity index (χ2n) is 10.0. The molecule has 190 valence electrons. The Balaban J connectivity index is 1.42. The topological polar surface area (TPSA) is 94.9 Å². The van der Waals surface area contributed by atoms with Gasteiger partial charge >= 0.3 is 0 Å². The molecular formula is C27H38N4O4. The molecule has 3 fully saturated rings. The van der Waals surface area contributed by atoms with Gasteiger partial charge in [0.1, 0.15) is 5.54 Å². The molecule has 1 aromatic carbocycles.